The number of hydrogen-bond donors (Lipinski definition) is 1. The number of benzene rings is 1. The Labute approximate surface area is 116 Å². The SMILES string of the molecule is COCc1c(Cl)cccc1NC(=O)c1ccccn1. The van der Waals surface area contributed by atoms with Crippen LogP contribution in [0.4, 0.5) is 5.69 Å². The molecule has 0 radical (unpaired) electrons. The molecule has 0 spiro atoms. The number of carbonyl (C=O) groups excluding carboxylic acids is 1. The number of nitrogens with one attached hydrogen (secondary N) is 1. The second kappa shape index (κ2) is 6.31. The summed E-state index contributed by atoms with van der Waals surface area (Å²) in [7, 11) is 1.58. The highest BCUT2D eigenvalue weighted by atomic mass is 35.5. The summed E-state index contributed by atoms with van der Waals surface area (Å²) in [6.07, 6.45) is 1.57. The maximum atomic E-state index is 12.0. The van der Waals surface area contributed by atoms with Crippen molar-refractivity contribution in [3.63, 3.8) is 0 Å². The van der Waals surface area contributed by atoms with Crippen LogP contribution in [0.25, 0.3) is 0 Å². The molecule has 0 aliphatic heterocycles. The van der Waals surface area contributed by atoms with Crippen molar-refractivity contribution >= 4 is 23.2 Å². The molecule has 2 rings (SSSR count). The van der Waals surface area contributed by atoms with Crippen LogP contribution in [0.15, 0.2) is 42.6 Å². The van der Waals surface area contributed by atoms with Crippen molar-refractivity contribution in [1.82, 2.24) is 4.98 Å². The number of amides is 1. The van der Waals surface area contributed by atoms with Gasteiger partial charge in [-0.15, -0.1) is 0 Å². The molecule has 0 saturated carbocycles. The highest BCUT2D eigenvalue weighted by Gasteiger charge is 2.11. The lowest BCUT2D eigenvalue weighted by Gasteiger charge is -2.11. The third-order valence-electron chi connectivity index (χ3n) is 2.55. The van der Waals surface area contributed by atoms with Crippen LogP contribution in [0.3, 0.4) is 0 Å². The molecule has 1 aromatic heterocycles. The van der Waals surface area contributed by atoms with E-state index in [4.69, 9.17) is 16.3 Å². The number of anilines is 1. The molecular weight excluding hydrogens is 264 g/mol. The quantitative estimate of drug-likeness (QED) is 0.933. The van der Waals surface area contributed by atoms with E-state index in [1.165, 1.54) is 0 Å². The number of pyridine rings is 1. The molecule has 1 aromatic carbocycles. The Bertz CT molecular complexity index is 573. The summed E-state index contributed by atoms with van der Waals surface area (Å²) in [4.78, 5) is 16.0. The summed E-state index contributed by atoms with van der Waals surface area (Å²) in [6.45, 7) is 0.331. The lowest BCUT2D eigenvalue weighted by molar-refractivity contribution is 0.102. The fourth-order valence-corrected chi connectivity index (χ4v) is 1.88. The van der Waals surface area contributed by atoms with Gasteiger partial charge >= 0.3 is 0 Å². The standard InChI is InChI=1S/C14H13ClN2O2/c1-19-9-10-11(15)5-4-7-12(10)17-14(18)13-6-2-3-8-16-13/h2-8H,9H2,1H3,(H,17,18). The minimum Gasteiger partial charge on any atom is -0.380 e. The molecule has 1 N–H and O–H groups in total. The molecule has 0 fully saturated rings. The molecule has 4 nitrogen and oxygen atoms in total. The summed E-state index contributed by atoms with van der Waals surface area (Å²) in [5.41, 5.74) is 1.73. The maximum absolute atomic E-state index is 12.0. The summed E-state index contributed by atoms with van der Waals surface area (Å²) in [6, 6.07) is 10.5. The zero-order chi connectivity index (χ0) is 13.7. The zero-order valence-electron chi connectivity index (χ0n) is 10.4. The Morgan fingerprint density at radius 2 is 2.16 bits per heavy atom. The smallest absolute Gasteiger partial charge is 0.274 e. The molecule has 5 heteroatoms. The fourth-order valence-electron chi connectivity index (χ4n) is 1.65. The lowest BCUT2D eigenvalue weighted by atomic mass is 10.2. The van der Waals surface area contributed by atoms with Crippen LogP contribution in [0.5, 0.6) is 0 Å². The molecule has 0 atom stereocenters. The molecule has 1 amide bonds. The fraction of sp³-hybridized carbons (Fsp3) is 0.143. The van der Waals surface area contributed by atoms with Gasteiger partial charge in [-0.05, 0) is 24.3 Å². The highest BCUT2D eigenvalue weighted by molar-refractivity contribution is 6.31. The molecule has 98 valence electrons. The summed E-state index contributed by atoms with van der Waals surface area (Å²) in [5.74, 6) is -0.278. The largest absolute Gasteiger partial charge is 0.380 e. The van der Waals surface area contributed by atoms with Crippen LogP contribution in [0, 0.1) is 0 Å². The Hall–Kier alpha value is -1.91. The van der Waals surface area contributed by atoms with Crippen LogP contribution in [0.1, 0.15) is 16.1 Å². The number of ether oxygens (including phenoxy) is 1. The normalized spacial score (nSPS) is 10.2. The van der Waals surface area contributed by atoms with E-state index >= 15 is 0 Å². The first-order valence-corrected chi connectivity index (χ1v) is 6.09. The Morgan fingerprint density at radius 3 is 2.84 bits per heavy atom. The van der Waals surface area contributed by atoms with Gasteiger partial charge in [0, 0.05) is 29.6 Å². The average Bonchev–Trinajstić information content (AvgIpc) is 2.43. The topological polar surface area (TPSA) is 51.2 Å². The molecule has 2 aromatic rings. The minimum atomic E-state index is -0.278. The van der Waals surface area contributed by atoms with Crippen molar-refractivity contribution in [3.8, 4) is 0 Å². The first kappa shape index (κ1) is 13.5. The van der Waals surface area contributed by atoms with Crippen LogP contribution < -0.4 is 5.32 Å². The lowest BCUT2D eigenvalue weighted by Crippen LogP contribution is -2.15. The number of rotatable bonds is 4. The van der Waals surface area contributed by atoms with Crippen molar-refractivity contribution in [2.24, 2.45) is 0 Å². The van der Waals surface area contributed by atoms with Crippen LogP contribution in [-0.4, -0.2) is 18.0 Å². The predicted octanol–water partition coefficient (Wildman–Crippen LogP) is 3.13. The van der Waals surface area contributed by atoms with E-state index in [9.17, 15) is 4.79 Å². The number of methoxy groups -OCH3 is 1. The Morgan fingerprint density at radius 1 is 1.32 bits per heavy atom. The van der Waals surface area contributed by atoms with Crippen molar-refractivity contribution in [3.05, 3.63) is 58.9 Å². The van der Waals surface area contributed by atoms with Crippen molar-refractivity contribution < 1.29 is 9.53 Å². The van der Waals surface area contributed by atoms with Gasteiger partial charge < -0.3 is 10.1 Å². The van der Waals surface area contributed by atoms with E-state index in [1.807, 2.05) is 0 Å². The average molecular weight is 277 g/mol. The predicted molar refractivity (Wildman–Crippen MR) is 74.4 cm³/mol. The highest BCUT2D eigenvalue weighted by Crippen LogP contribution is 2.25. The Balaban J connectivity index is 2.24. The maximum Gasteiger partial charge on any atom is 0.274 e. The molecular formula is C14H13ClN2O2. The van der Waals surface area contributed by atoms with Gasteiger partial charge in [0.25, 0.3) is 5.91 Å². The van der Waals surface area contributed by atoms with E-state index in [2.05, 4.69) is 10.3 Å². The van der Waals surface area contributed by atoms with E-state index in [1.54, 1.807) is 49.7 Å². The van der Waals surface area contributed by atoms with Crippen molar-refractivity contribution in [2.75, 3.05) is 12.4 Å². The molecule has 0 unspecified atom stereocenters. The number of hydrogen-bond acceptors (Lipinski definition) is 3. The van der Waals surface area contributed by atoms with Gasteiger partial charge in [-0.2, -0.15) is 0 Å². The van der Waals surface area contributed by atoms with Gasteiger partial charge in [-0.25, -0.2) is 0 Å². The van der Waals surface area contributed by atoms with Crippen LogP contribution in [0.2, 0.25) is 5.02 Å². The third-order valence-corrected chi connectivity index (χ3v) is 2.91. The summed E-state index contributed by atoms with van der Waals surface area (Å²) >= 11 is 6.09. The van der Waals surface area contributed by atoms with Crippen molar-refractivity contribution in [2.45, 2.75) is 6.61 Å². The molecule has 0 aliphatic carbocycles. The van der Waals surface area contributed by atoms with E-state index in [-0.39, 0.29) is 5.91 Å². The van der Waals surface area contributed by atoms with Gasteiger partial charge in [0.2, 0.25) is 0 Å². The molecule has 0 bridgehead atoms. The summed E-state index contributed by atoms with van der Waals surface area (Å²) < 4.78 is 5.09. The van der Waals surface area contributed by atoms with E-state index in [0.717, 1.165) is 5.56 Å². The van der Waals surface area contributed by atoms with Crippen molar-refractivity contribution in [1.29, 1.82) is 0 Å². The van der Waals surface area contributed by atoms with Gasteiger partial charge in [0.05, 0.1) is 6.61 Å². The van der Waals surface area contributed by atoms with E-state index in [0.29, 0.717) is 23.0 Å². The van der Waals surface area contributed by atoms with Gasteiger partial charge in [0.1, 0.15) is 5.69 Å². The minimum absolute atomic E-state index is 0.278. The van der Waals surface area contributed by atoms with Crippen LogP contribution in [-0.2, 0) is 11.3 Å². The number of carbonyl (C=O) groups is 1. The van der Waals surface area contributed by atoms with Crippen LogP contribution >= 0.6 is 11.6 Å². The Kier molecular flexibility index (Phi) is 4.49. The van der Waals surface area contributed by atoms with Gasteiger partial charge in [-0.1, -0.05) is 23.7 Å². The van der Waals surface area contributed by atoms with Gasteiger partial charge in [-0.3, -0.25) is 9.78 Å². The molecule has 19 heavy (non-hydrogen) atoms. The number of nitrogens with zero attached hydrogens (tertiary/aromatic N) is 1. The number of aromatic nitrogens is 1. The first-order chi connectivity index (χ1) is 9.22. The van der Waals surface area contributed by atoms with E-state index < -0.39 is 0 Å². The summed E-state index contributed by atoms with van der Waals surface area (Å²) in [5, 5.41) is 3.34. The van der Waals surface area contributed by atoms with Gasteiger partial charge in [0.15, 0.2) is 0 Å². The molecule has 0 saturated heterocycles. The second-order valence-corrected chi connectivity index (χ2v) is 4.28. The zero-order valence-corrected chi connectivity index (χ0v) is 11.1. The first-order valence-electron chi connectivity index (χ1n) is 5.71. The molecule has 1 heterocycles. The monoisotopic (exact) mass is 276 g/mol. The number of halogens is 1. The molecule has 0 aliphatic rings. The third kappa shape index (κ3) is 3.30. The second-order valence-electron chi connectivity index (χ2n) is 3.87.